The molecular formula is C26H31FN2O3. The highest BCUT2D eigenvalue weighted by molar-refractivity contribution is 5.95. The van der Waals surface area contributed by atoms with Crippen molar-refractivity contribution < 1.29 is 18.7 Å². The minimum Gasteiger partial charge on any atom is -0.493 e. The highest BCUT2D eigenvalue weighted by Gasteiger charge is 2.25. The molecule has 170 valence electrons. The second-order valence-corrected chi connectivity index (χ2v) is 8.92. The molecule has 0 radical (unpaired) electrons. The van der Waals surface area contributed by atoms with Crippen molar-refractivity contribution in [3.8, 4) is 5.75 Å². The van der Waals surface area contributed by atoms with Crippen LogP contribution in [0, 0.1) is 18.7 Å². The maximum absolute atomic E-state index is 13.9. The predicted molar refractivity (Wildman–Crippen MR) is 121 cm³/mol. The first-order chi connectivity index (χ1) is 15.5. The third kappa shape index (κ3) is 5.29. The number of aryl methyl sites for hydroxylation is 1. The number of carbonyl (C=O) groups excluding carboxylic acids is 2. The van der Waals surface area contributed by atoms with E-state index in [0.717, 1.165) is 38.8 Å². The van der Waals surface area contributed by atoms with Crippen molar-refractivity contribution >= 4 is 11.8 Å². The van der Waals surface area contributed by atoms with Gasteiger partial charge in [0.15, 0.2) is 0 Å². The molecule has 1 atom stereocenters. The minimum absolute atomic E-state index is 0.0647. The zero-order chi connectivity index (χ0) is 22.5. The molecular weight excluding hydrogens is 407 g/mol. The molecule has 0 aliphatic carbocycles. The van der Waals surface area contributed by atoms with E-state index in [1.807, 2.05) is 29.2 Å². The number of ether oxygens (including phenoxy) is 1. The molecule has 6 heteroatoms. The van der Waals surface area contributed by atoms with Gasteiger partial charge in [-0.3, -0.25) is 9.59 Å². The van der Waals surface area contributed by atoms with E-state index in [2.05, 4.69) is 0 Å². The Morgan fingerprint density at radius 1 is 0.938 bits per heavy atom. The van der Waals surface area contributed by atoms with Crippen LogP contribution >= 0.6 is 0 Å². The Bertz CT molecular complexity index is 971. The maximum Gasteiger partial charge on any atom is 0.253 e. The molecule has 2 saturated heterocycles. The van der Waals surface area contributed by atoms with E-state index < -0.39 is 0 Å². The number of nitrogens with zero attached hydrogens (tertiary/aromatic N) is 2. The summed E-state index contributed by atoms with van der Waals surface area (Å²) in [5, 5.41) is 0. The molecule has 2 aliphatic heterocycles. The fraction of sp³-hybridized carbons (Fsp3) is 0.462. The molecule has 2 fully saturated rings. The van der Waals surface area contributed by atoms with Gasteiger partial charge in [-0.15, -0.1) is 0 Å². The number of piperidine rings is 2. The summed E-state index contributed by atoms with van der Waals surface area (Å²) in [5.74, 6) is 0.450. The predicted octanol–water partition coefficient (Wildman–Crippen LogP) is 4.69. The van der Waals surface area contributed by atoms with Gasteiger partial charge in [-0.25, -0.2) is 4.39 Å². The van der Waals surface area contributed by atoms with Gasteiger partial charge in [-0.2, -0.15) is 0 Å². The summed E-state index contributed by atoms with van der Waals surface area (Å²) < 4.78 is 19.9. The molecule has 0 N–H and O–H groups in total. The average molecular weight is 439 g/mol. The van der Waals surface area contributed by atoms with Crippen LogP contribution in [-0.4, -0.2) is 54.4 Å². The van der Waals surface area contributed by atoms with Gasteiger partial charge >= 0.3 is 0 Å². The molecule has 2 aliphatic rings. The first-order valence-electron chi connectivity index (χ1n) is 11.6. The summed E-state index contributed by atoms with van der Waals surface area (Å²) in [6.07, 6.45) is 5.18. The monoisotopic (exact) mass is 438 g/mol. The Labute approximate surface area is 189 Å². The van der Waals surface area contributed by atoms with Crippen LogP contribution in [0.2, 0.25) is 0 Å². The number of halogens is 1. The van der Waals surface area contributed by atoms with Crippen LogP contribution in [0.15, 0.2) is 42.5 Å². The molecule has 2 aromatic carbocycles. The lowest BCUT2D eigenvalue weighted by Gasteiger charge is -2.32. The zero-order valence-electron chi connectivity index (χ0n) is 18.7. The van der Waals surface area contributed by atoms with Gasteiger partial charge in [-0.1, -0.05) is 12.1 Å². The van der Waals surface area contributed by atoms with E-state index in [9.17, 15) is 14.0 Å². The molecule has 0 spiro atoms. The van der Waals surface area contributed by atoms with Crippen molar-refractivity contribution in [1.29, 1.82) is 0 Å². The number of benzene rings is 2. The first-order valence-corrected chi connectivity index (χ1v) is 11.6. The molecule has 5 nitrogen and oxygen atoms in total. The summed E-state index contributed by atoms with van der Waals surface area (Å²) in [6, 6.07) is 12.0. The standard InChI is InChI=1S/C26H31FN2O3/c1-19-10-11-22(16-24(19)27)26(31)29-14-6-7-20(17-29)18-32-23-9-5-8-21(15-23)25(30)28-12-3-2-4-13-28/h5,8-11,15-16,20H,2-4,6-7,12-14,17-18H2,1H3. The number of hydrogen-bond acceptors (Lipinski definition) is 3. The Kier molecular flexibility index (Phi) is 7.08. The molecule has 0 saturated carbocycles. The van der Waals surface area contributed by atoms with Crippen LogP contribution in [0.1, 0.15) is 58.4 Å². The summed E-state index contributed by atoms with van der Waals surface area (Å²) in [5.41, 5.74) is 1.58. The van der Waals surface area contributed by atoms with Crippen molar-refractivity contribution in [2.75, 3.05) is 32.8 Å². The number of likely N-dealkylation sites (tertiary alicyclic amines) is 2. The molecule has 2 amide bonds. The third-order valence-corrected chi connectivity index (χ3v) is 6.43. The Morgan fingerprint density at radius 3 is 2.44 bits per heavy atom. The van der Waals surface area contributed by atoms with E-state index in [-0.39, 0.29) is 23.5 Å². The fourth-order valence-corrected chi connectivity index (χ4v) is 4.51. The summed E-state index contributed by atoms with van der Waals surface area (Å²) >= 11 is 0. The fourth-order valence-electron chi connectivity index (χ4n) is 4.51. The van der Waals surface area contributed by atoms with Crippen LogP contribution in [-0.2, 0) is 0 Å². The van der Waals surface area contributed by atoms with Crippen LogP contribution < -0.4 is 4.74 Å². The smallest absolute Gasteiger partial charge is 0.253 e. The second-order valence-electron chi connectivity index (χ2n) is 8.92. The SMILES string of the molecule is Cc1ccc(C(=O)N2CCCC(COc3cccc(C(=O)N4CCCCC4)c3)C2)cc1F. The second kappa shape index (κ2) is 10.2. The van der Waals surface area contributed by atoms with Crippen LogP contribution in [0.3, 0.4) is 0 Å². The Hall–Kier alpha value is -2.89. The normalized spacial score (nSPS) is 19.0. The number of carbonyl (C=O) groups is 2. The summed E-state index contributed by atoms with van der Waals surface area (Å²) in [4.78, 5) is 29.3. The minimum atomic E-state index is -0.355. The van der Waals surface area contributed by atoms with Gasteiger partial charge in [0.25, 0.3) is 11.8 Å². The molecule has 4 rings (SSSR count). The lowest BCUT2D eigenvalue weighted by molar-refractivity contribution is 0.0631. The zero-order valence-corrected chi connectivity index (χ0v) is 18.7. The highest BCUT2D eigenvalue weighted by Crippen LogP contribution is 2.23. The van der Waals surface area contributed by atoms with E-state index in [0.29, 0.717) is 42.1 Å². The molecule has 1 unspecified atom stereocenters. The van der Waals surface area contributed by atoms with Crippen LogP contribution in [0.4, 0.5) is 4.39 Å². The largest absolute Gasteiger partial charge is 0.493 e. The summed E-state index contributed by atoms with van der Waals surface area (Å²) in [7, 11) is 0. The van der Waals surface area contributed by atoms with Crippen molar-refractivity contribution in [1.82, 2.24) is 9.80 Å². The van der Waals surface area contributed by atoms with Gasteiger partial charge in [0.05, 0.1) is 6.61 Å². The lowest BCUT2D eigenvalue weighted by atomic mass is 9.98. The Morgan fingerprint density at radius 2 is 1.66 bits per heavy atom. The maximum atomic E-state index is 13.9. The molecule has 2 heterocycles. The Balaban J connectivity index is 1.34. The molecule has 0 bridgehead atoms. The van der Waals surface area contributed by atoms with Crippen LogP contribution in [0.5, 0.6) is 5.75 Å². The van der Waals surface area contributed by atoms with Crippen LogP contribution in [0.25, 0.3) is 0 Å². The van der Waals surface area contributed by atoms with E-state index in [4.69, 9.17) is 4.74 Å². The van der Waals surface area contributed by atoms with Gasteiger partial charge in [0.1, 0.15) is 11.6 Å². The number of amides is 2. The topological polar surface area (TPSA) is 49.9 Å². The van der Waals surface area contributed by atoms with Crippen molar-refractivity contribution in [2.45, 2.75) is 39.0 Å². The van der Waals surface area contributed by atoms with Gasteiger partial charge in [-0.05, 0) is 74.9 Å². The quantitative estimate of drug-likeness (QED) is 0.680. The van der Waals surface area contributed by atoms with E-state index in [1.165, 1.54) is 12.5 Å². The van der Waals surface area contributed by atoms with E-state index >= 15 is 0 Å². The number of hydrogen-bond donors (Lipinski definition) is 0. The van der Waals surface area contributed by atoms with Crippen molar-refractivity contribution in [3.05, 3.63) is 65.0 Å². The van der Waals surface area contributed by atoms with Crippen molar-refractivity contribution in [3.63, 3.8) is 0 Å². The molecule has 2 aromatic rings. The van der Waals surface area contributed by atoms with E-state index in [1.54, 1.807) is 24.0 Å². The average Bonchev–Trinajstić information content (AvgIpc) is 2.84. The van der Waals surface area contributed by atoms with Crippen molar-refractivity contribution in [2.24, 2.45) is 5.92 Å². The first kappa shape index (κ1) is 22.3. The number of rotatable bonds is 5. The molecule has 0 aromatic heterocycles. The lowest BCUT2D eigenvalue weighted by Crippen LogP contribution is -2.41. The van der Waals surface area contributed by atoms with Gasteiger partial charge in [0.2, 0.25) is 0 Å². The molecule has 32 heavy (non-hydrogen) atoms. The van der Waals surface area contributed by atoms with Gasteiger partial charge in [0, 0.05) is 43.2 Å². The highest BCUT2D eigenvalue weighted by atomic mass is 19.1. The third-order valence-electron chi connectivity index (χ3n) is 6.43. The van der Waals surface area contributed by atoms with Gasteiger partial charge < -0.3 is 14.5 Å². The summed E-state index contributed by atoms with van der Waals surface area (Å²) in [6.45, 7) is 5.06.